The minimum atomic E-state index is -0.551. The lowest BCUT2D eigenvalue weighted by Gasteiger charge is -2.43. The molecule has 8 heteroatoms. The fraction of sp³-hybridized carbons (Fsp3) is 0.500. The zero-order valence-electron chi connectivity index (χ0n) is 20.2. The van der Waals surface area contributed by atoms with Crippen molar-refractivity contribution in [2.75, 3.05) is 11.4 Å². The van der Waals surface area contributed by atoms with Gasteiger partial charge in [0.2, 0.25) is 5.95 Å². The maximum atomic E-state index is 12.9. The smallest absolute Gasteiger partial charge is 0.417 e. The highest BCUT2D eigenvalue weighted by Crippen LogP contribution is 2.47. The van der Waals surface area contributed by atoms with Gasteiger partial charge in [0.05, 0.1) is 35.5 Å². The molecular weight excluding hydrogens is 428 g/mol. The third-order valence-electron chi connectivity index (χ3n) is 7.18. The van der Waals surface area contributed by atoms with Crippen LogP contribution in [0.15, 0.2) is 36.9 Å². The number of fused-ring (bicyclic) bond motifs is 1. The molecule has 1 amide bonds. The van der Waals surface area contributed by atoms with Crippen molar-refractivity contribution in [3.05, 3.63) is 48.0 Å². The first kappa shape index (κ1) is 22.3. The molecule has 1 aliphatic heterocycles. The van der Waals surface area contributed by atoms with E-state index in [2.05, 4.69) is 53.3 Å². The van der Waals surface area contributed by atoms with E-state index < -0.39 is 5.60 Å². The molecular formula is C26H30N6O2. The van der Waals surface area contributed by atoms with Crippen LogP contribution in [0.2, 0.25) is 0 Å². The zero-order chi connectivity index (χ0) is 24.1. The molecule has 5 rings (SSSR count). The number of hydrogen-bond donors (Lipinski definition) is 0. The molecule has 8 nitrogen and oxygen atoms in total. The molecule has 0 unspecified atom stereocenters. The standard InChI is InChI=1S/C26H30N6O2/c1-24(2,3)19-12-28-22(29-13-19)32-16-26(34-23(32)33)9-5-8-25(4,14-26)15-31-17-30-20-7-6-18(11-27)10-21(20)31/h6-7,10,12-13,17H,5,8-9,14-16H2,1-4H3/t25-,26-/m0/s1. The van der Waals surface area contributed by atoms with E-state index >= 15 is 0 Å². The van der Waals surface area contributed by atoms with Crippen molar-refractivity contribution in [2.45, 2.75) is 70.9 Å². The monoisotopic (exact) mass is 458 g/mol. The summed E-state index contributed by atoms with van der Waals surface area (Å²) in [5.74, 6) is 0.395. The van der Waals surface area contributed by atoms with Crippen LogP contribution in [0.1, 0.15) is 64.5 Å². The van der Waals surface area contributed by atoms with Gasteiger partial charge < -0.3 is 9.30 Å². The number of benzene rings is 1. The van der Waals surface area contributed by atoms with Crippen molar-refractivity contribution in [3.63, 3.8) is 0 Å². The third kappa shape index (κ3) is 4.00. The Hall–Kier alpha value is -3.47. The molecule has 1 aliphatic carbocycles. The van der Waals surface area contributed by atoms with Crippen LogP contribution in [0.25, 0.3) is 11.0 Å². The highest BCUT2D eigenvalue weighted by Gasteiger charge is 2.52. The van der Waals surface area contributed by atoms with E-state index in [0.29, 0.717) is 18.1 Å². The molecule has 1 saturated heterocycles. The molecule has 0 radical (unpaired) electrons. The predicted octanol–water partition coefficient (Wildman–Crippen LogP) is 4.97. The van der Waals surface area contributed by atoms with Crippen LogP contribution >= 0.6 is 0 Å². The molecule has 3 heterocycles. The summed E-state index contributed by atoms with van der Waals surface area (Å²) >= 11 is 0. The summed E-state index contributed by atoms with van der Waals surface area (Å²) in [6, 6.07) is 7.78. The van der Waals surface area contributed by atoms with E-state index in [4.69, 9.17) is 4.74 Å². The number of anilines is 1. The van der Waals surface area contributed by atoms with Crippen LogP contribution in [0, 0.1) is 16.7 Å². The van der Waals surface area contributed by atoms with Gasteiger partial charge in [0.1, 0.15) is 5.60 Å². The Labute approximate surface area is 199 Å². The molecule has 0 N–H and O–H groups in total. The van der Waals surface area contributed by atoms with E-state index in [1.54, 1.807) is 23.4 Å². The molecule has 2 atom stereocenters. The number of nitrogens with zero attached hydrogens (tertiary/aromatic N) is 6. The van der Waals surface area contributed by atoms with E-state index in [9.17, 15) is 10.1 Å². The van der Waals surface area contributed by atoms with Crippen LogP contribution in [-0.2, 0) is 16.7 Å². The molecule has 1 aromatic carbocycles. The van der Waals surface area contributed by atoms with E-state index in [0.717, 1.165) is 48.8 Å². The molecule has 2 aromatic heterocycles. The van der Waals surface area contributed by atoms with Crippen LogP contribution in [-0.4, -0.2) is 37.8 Å². The molecule has 34 heavy (non-hydrogen) atoms. The Morgan fingerprint density at radius 2 is 1.94 bits per heavy atom. The Balaban J connectivity index is 1.36. The lowest BCUT2D eigenvalue weighted by Crippen LogP contribution is -2.45. The molecule has 1 spiro atoms. The summed E-state index contributed by atoms with van der Waals surface area (Å²) in [4.78, 5) is 27.9. The summed E-state index contributed by atoms with van der Waals surface area (Å²) in [6.07, 6.45) is 8.64. The lowest BCUT2D eigenvalue weighted by atomic mass is 9.68. The van der Waals surface area contributed by atoms with Crippen LogP contribution in [0.3, 0.4) is 0 Å². The molecule has 2 aliphatic rings. The second kappa shape index (κ2) is 7.79. The number of amides is 1. The second-order valence-electron chi connectivity index (χ2n) is 11.2. The Bertz CT molecular complexity index is 1290. The Morgan fingerprint density at radius 1 is 1.18 bits per heavy atom. The topological polar surface area (TPSA) is 96.9 Å². The number of aromatic nitrogens is 4. The van der Waals surface area contributed by atoms with Crippen molar-refractivity contribution in [2.24, 2.45) is 5.41 Å². The predicted molar refractivity (Wildman–Crippen MR) is 128 cm³/mol. The van der Waals surface area contributed by atoms with E-state index in [1.165, 1.54) is 0 Å². The maximum Gasteiger partial charge on any atom is 0.417 e. The fourth-order valence-electron chi connectivity index (χ4n) is 5.44. The van der Waals surface area contributed by atoms with Crippen molar-refractivity contribution < 1.29 is 9.53 Å². The maximum absolute atomic E-state index is 12.9. The van der Waals surface area contributed by atoms with Gasteiger partial charge >= 0.3 is 6.09 Å². The first-order chi connectivity index (χ1) is 16.1. The molecule has 1 saturated carbocycles. The van der Waals surface area contributed by atoms with Crippen LogP contribution < -0.4 is 4.90 Å². The number of hydrogen-bond acceptors (Lipinski definition) is 6. The van der Waals surface area contributed by atoms with Gasteiger partial charge in [-0.3, -0.25) is 0 Å². The van der Waals surface area contributed by atoms with Gasteiger partial charge in [-0.1, -0.05) is 27.7 Å². The van der Waals surface area contributed by atoms with Gasteiger partial charge in [-0.25, -0.2) is 24.6 Å². The molecule has 2 fully saturated rings. The number of nitriles is 1. The summed E-state index contributed by atoms with van der Waals surface area (Å²) in [5.41, 5.74) is 2.79. The quantitative estimate of drug-likeness (QED) is 0.550. The highest BCUT2D eigenvalue weighted by molar-refractivity contribution is 5.88. The first-order valence-electron chi connectivity index (χ1n) is 11.8. The summed E-state index contributed by atoms with van der Waals surface area (Å²) in [5, 5.41) is 9.29. The number of carbonyl (C=O) groups is 1. The Kier molecular flexibility index (Phi) is 5.12. The lowest BCUT2D eigenvalue weighted by molar-refractivity contribution is -0.0264. The van der Waals surface area contributed by atoms with Gasteiger partial charge in [0, 0.05) is 18.9 Å². The summed E-state index contributed by atoms with van der Waals surface area (Å²) in [6.45, 7) is 9.78. The van der Waals surface area contributed by atoms with Crippen molar-refractivity contribution in [3.8, 4) is 6.07 Å². The van der Waals surface area contributed by atoms with Crippen LogP contribution in [0.4, 0.5) is 10.7 Å². The molecule has 176 valence electrons. The minimum Gasteiger partial charge on any atom is -0.441 e. The van der Waals surface area contributed by atoms with Gasteiger partial charge in [-0.2, -0.15) is 5.26 Å². The van der Waals surface area contributed by atoms with Gasteiger partial charge in [0.15, 0.2) is 0 Å². The average molecular weight is 459 g/mol. The zero-order valence-corrected chi connectivity index (χ0v) is 20.2. The number of rotatable bonds is 3. The van der Waals surface area contributed by atoms with E-state index in [1.807, 2.05) is 18.5 Å². The van der Waals surface area contributed by atoms with Crippen molar-refractivity contribution in [1.29, 1.82) is 5.26 Å². The summed E-state index contributed by atoms with van der Waals surface area (Å²) in [7, 11) is 0. The number of ether oxygens (including phenoxy) is 1. The largest absolute Gasteiger partial charge is 0.441 e. The van der Waals surface area contributed by atoms with Gasteiger partial charge in [0.25, 0.3) is 0 Å². The first-order valence-corrected chi connectivity index (χ1v) is 11.8. The van der Waals surface area contributed by atoms with Gasteiger partial charge in [-0.15, -0.1) is 0 Å². The number of imidazole rings is 1. The molecule has 0 bridgehead atoms. The summed E-state index contributed by atoms with van der Waals surface area (Å²) < 4.78 is 8.16. The average Bonchev–Trinajstić information content (AvgIpc) is 3.32. The normalized spacial score (nSPS) is 25.0. The van der Waals surface area contributed by atoms with Crippen molar-refractivity contribution in [1.82, 2.24) is 19.5 Å². The molecule has 3 aromatic rings. The van der Waals surface area contributed by atoms with Crippen LogP contribution in [0.5, 0.6) is 0 Å². The number of carbonyl (C=O) groups excluding carboxylic acids is 1. The fourth-order valence-corrected chi connectivity index (χ4v) is 5.44. The Morgan fingerprint density at radius 3 is 2.65 bits per heavy atom. The minimum absolute atomic E-state index is 0.0536. The van der Waals surface area contributed by atoms with Gasteiger partial charge in [-0.05, 0) is 60.3 Å². The third-order valence-corrected chi connectivity index (χ3v) is 7.18. The SMILES string of the molecule is CC(C)(C)c1cnc(N2C[C@@]3(CCC[C@](C)(Cn4cnc5ccc(C#N)cc54)C3)OC2=O)nc1. The second-order valence-corrected chi connectivity index (χ2v) is 11.2. The van der Waals surface area contributed by atoms with E-state index in [-0.39, 0.29) is 16.9 Å². The highest BCUT2D eigenvalue weighted by atomic mass is 16.6. The van der Waals surface area contributed by atoms with Crippen molar-refractivity contribution >= 4 is 23.1 Å².